The molecule has 3 nitrogen and oxygen atoms in total. The lowest BCUT2D eigenvalue weighted by Crippen LogP contribution is -2.38. The van der Waals surface area contributed by atoms with E-state index in [4.69, 9.17) is 5.73 Å². The van der Waals surface area contributed by atoms with Crippen LogP contribution in [0.3, 0.4) is 0 Å². The Labute approximate surface area is 96.2 Å². The van der Waals surface area contributed by atoms with Crippen LogP contribution in [-0.4, -0.2) is 24.4 Å². The Bertz CT molecular complexity index is 363. The van der Waals surface area contributed by atoms with E-state index in [9.17, 15) is 4.79 Å². The first-order chi connectivity index (χ1) is 7.68. The van der Waals surface area contributed by atoms with E-state index in [1.54, 1.807) is 0 Å². The number of rotatable bonds is 2. The van der Waals surface area contributed by atoms with Crippen LogP contribution in [0.2, 0.25) is 0 Å². The molecule has 16 heavy (non-hydrogen) atoms. The van der Waals surface area contributed by atoms with Gasteiger partial charge in [-0.2, -0.15) is 0 Å². The number of nitrogens with two attached hydrogens (primary N) is 1. The van der Waals surface area contributed by atoms with Gasteiger partial charge in [-0.25, -0.2) is 0 Å². The van der Waals surface area contributed by atoms with Gasteiger partial charge >= 0.3 is 0 Å². The van der Waals surface area contributed by atoms with Crippen molar-refractivity contribution < 1.29 is 4.79 Å². The third-order valence-electron chi connectivity index (χ3n) is 3.46. The number of likely N-dealkylation sites (tertiary alicyclic amines) is 1. The van der Waals surface area contributed by atoms with Crippen molar-refractivity contribution in [3.05, 3.63) is 35.9 Å². The van der Waals surface area contributed by atoms with Crippen LogP contribution in [0.25, 0.3) is 0 Å². The van der Waals surface area contributed by atoms with Crippen molar-refractivity contribution in [2.75, 3.05) is 13.6 Å². The second-order valence-corrected chi connectivity index (χ2v) is 4.53. The highest BCUT2D eigenvalue weighted by molar-refractivity contribution is 5.76. The Hall–Kier alpha value is -1.35. The average Bonchev–Trinajstić information content (AvgIpc) is 2.30. The summed E-state index contributed by atoms with van der Waals surface area (Å²) in [6, 6.07) is 10.6. The Morgan fingerprint density at radius 2 is 2.06 bits per heavy atom. The Morgan fingerprint density at radius 3 is 2.69 bits per heavy atom. The molecular weight excluding hydrogens is 200 g/mol. The Balaban J connectivity index is 2.16. The van der Waals surface area contributed by atoms with E-state index in [0.717, 1.165) is 19.4 Å². The molecule has 1 fully saturated rings. The van der Waals surface area contributed by atoms with E-state index in [1.807, 2.05) is 18.2 Å². The second-order valence-electron chi connectivity index (χ2n) is 4.53. The van der Waals surface area contributed by atoms with Crippen LogP contribution in [0.4, 0.5) is 0 Å². The molecule has 86 valence electrons. The van der Waals surface area contributed by atoms with Crippen molar-refractivity contribution in [3.63, 3.8) is 0 Å². The SMILES string of the molecule is CN1CCC(C(N)=O)CC1c1ccccc1. The minimum Gasteiger partial charge on any atom is -0.369 e. The summed E-state index contributed by atoms with van der Waals surface area (Å²) in [4.78, 5) is 13.5. The van der Waals surface area contributed by atoms with E-state index in [0.29, 0.717) is 6.04 Å². The fourth-order valence-electron chi connectivity index (χ4n) is 2.41. The van der Waals surface area contributed by atoms with E-state index < -0.39 is 0 Å². The van der Waals surface area contributed by atoms with Crippen LogP contribution in [0.5, 0.6) is 0 Å². The van der Waals surface area contributed by atoms with E-state index in [1.165, 1.54) is 5.56 Å². The first-order valence-electron chi connectivity index (χ1n) is 5.73. The monoisotopic (exact) mass is 218 g/mol. The van der Waals surface area contributed by atoms with Gasteiger partial charge in [0.15, 0.2) is 0 Å². The summed E-state index contributed by atoms with van der Waals surface area (Å²) in [6.45, 7) is 0.938. The first-order valence-corrected chi connectivity index (χ1v) is 5.73. The molecule has 2 N–H and O–H groups in total. The van der Waals surface area contributed by atoms with Crippen LogP contribution in [0.15, 0.2) is 30.3 Å². The standard InChI is InChI=1S/C13H18N2O/c1-15-8-7-11(13(14)16)9-12(15)10-5-3-2-4-6-10/h2-6,11-12H,7-9H2,1H3,(H2,14,16). The Kier molecular flexibility index (Phi) is 3.25. The molecule has 0 spiro atoms. The fraction of sp³-hybridized carbons (Fsp3) is 0.462. The van der Waals surface area contributed by atoms with Gasteiger partial charge in [-0.15, -0.1) is 0 Å². The highest BCUT2D eigenvalue weighted by Gasteiger charge is 2.29. The van der Waals surface area contributed by atoms with Gasteiger partial charge in [-0.05, 0) is 32.0 Å². The molecule has 2 atom stereocenters. The predicted octanol–water partition coefficient (Wildman–Crippen LogP) is 1.55. The van der Waals surface area contributed by atoms with Gasteiger partial charge in [0.1, 0.15) is 0 Å². The number of piperidine rings is 1. The second kappa shape index (κ2) is 4.66. The zero-order valence-corrected chi connectivity index (χ0v) is 9.60. The highest BCUT2D eigenvalue weighted by Crippen LogP contribution is 2.32. The minimum atomic E-state index is -0.158. The van der Waals surface area contributed by atoms with Crippen LogP contribution < -0.4 is 5.73 Å². The van der Waals surface area contributed by atoms with Crippen molar-refractivity contribution in [2.24, 2.45) is 11.7 Å². The van der Waals surface area contributed by atoms with Crippen molar-refractivity contribution in [1.82, 2.24) is 4.90 Å². The molecule has 0 radical (unpaired) electrons. The molecule has 1 aromatic rings. The number of nitrogens with zero attached hydrogens (tertiary/aromatic N) is 1. The van der Waals surface area contributed by atoms with Crippen LogP contribution >= 0.6 is 0 Å². The molecule has 1 aliphatic heterocycles. The topological polar surface area (TPSA) is 46.3 Å². The lowest BCUT2D eigenvalue weighted by molar-refractivity contribution is -0.123. The summed E-state index contributed by atoms with van der Waals surface area (Å²) in [5.74, 6) is -0.129. The van der Waals surface area contributed by atoms with Crippen molar-refractivity contribution in [2.45, 2.75) is 18.9 Å². The maximum absolute atomic E-state index is 11.2. The van der Waals surface area contributed by atoms with Gasteiger partial charge in [0, 0.05) is 12.0 Å². The fourth-order valence-corrected chi connectivity index (χ4v) is 2.41. The summed E-state index contributed by atoms with van der Waals surface area (Å²) in [6.07, 6.45) is 1.73. The number of amides is 1. The lowest BCUT2D eigenvalue weighted by Gasteiger charge is -2.36. The number of primary amides is 1. The first kappa shape index (κ1) is 11.1. The summed E-state index contributed by atoms with van der Waals surface area (Å²) in [7, 11) is 2.11. The summed E-state index contributed by atoms with van der Waals surface area (Å²) in [5, 5.41) is 0. The van der Waals surface area contributed by atoms with E-state index in [-0.39, 0.29) is 11.8 Å². The number of carbonyl (C=O) groups excluding carboxylic acids is 1. The number of carbonyl (C=O) groups is 1. The quantitative estimate of drug-likeness (QED) is 0.818. The molecule has 0 aromatic heterocycles. The van der Waals surface area contributed by atoms with Gasteiger partial charge in [-0.1, -0.05) is 30.3 Å². The van der Waals surface area contributed by atoms with Gasteiger partial charge in [-0.3, -0.25) is 9.69 Å². The zero-order chi connectivity index (χ0) is 11.5. The molecular formula is C13H18N2O. The highest BCUT2D eigenvalue weighted by atomic mass is 16.1. The molecule has 2 unspecified atom stereocenters. The largest absolute Gasteiger partial charge is 0.369 e. The summed E-state index contributed by atoms with van der Waals surface area (Å²) in [5.41, 5.74) is 6.67. The number of hydrogen-bond donors (Lipinski definition) is 1. The maximum Gasteiger partial charge on any atom is 0.220 e. The molecule has 1 aliphatic rings. The van der Waals surface area contributed by atoms with Gasteiger partial charge in [0.2, 0.25) is 5.91 Å². The van der Waals surface area contributed by atoms with Gasteiger partial charge in [0.05, 0.1) is 0 Å². The summed E-state index contributed by atoms with van der Waals surface area (Å²) >= 11 is 0. The number of benzene rings is 1. The molecule has 1 heterocycles. The zero-order valence-electron chi connectivity index (χ0n) is 9.60. The predicted molar refractivity (Wildman–Crippen MR) is 63.7 cm³/mol. The molecule has 1 saturated heterocycles. The van der Waals surface area contributed by atoms with Crippen molar-refractivity contribution >= 4 is 5.91 Å². The average molecular weight is 218 g/mol. The Morgan fingerprint density at radius 1 is 1.38 bits per heavy atom. The van der Waals surface area contributed by atoms with E-state index in [2.05, 4.69) is 24.1 Å². The smallest absolute Gasteiger partial charge is 0.220 e. The molecule has 0 saturated carbocycles. The summed E-state index contributed by atoms with van der Waals surface area (Å²) < 4.78 is 0. The van der Waals surface area contributed by atoms with Crippen LogP contribution in [-0.2, 0) is 4.79 Å². The molecule has 3 heteroatoms. The van der Waals surface area contributed by atoms with Gasteiger partial charge < -0.3 is 5.73 Å². The van der Waals surface area contributed by atoms with Crippen LogP contribution in [0, 0.1) is 5.92 Å². The van der Waals surface area contributed by atoms with Crippen LogP contribution in [0.1, 0.15) is 24.4 Å². The molecule has 0 bridgehead atoms. The lowest BCUT2D eigenvalue weighted by atomic mass is 9.87. The normalized spacial score (nSPS) is 26.6. The molecule has 1 amide bonds. The molecule has 0 aliphatic carbocycles. The minimum absolute atomic E-state index is 0.0291. The van der Waals surface area contributed by atoms with Crippen molar-refractivity contribution in [3.8, 4) is 0 Å². The molecule has 1 aromatic carbocycles. The third-order valence-corrected chi connectivity index (χ3v) is 3.46. The van der Waals surface area contributed by atoms with Crippen molar-refractivity contribution in [1.29, 1.82) is 0 Å². The number of hydrogen-bond acceptors (Lipinski definition) is 2. The molecule has 2 rings (SSSR count). The third kappa shape index (κ3) is 2.25. The van der Waals surface area contributed by atoms with Gasteiger partial charge in [0.25, 0.3) is 0 Å². The van der Waals surface area contributed by atoms with E-state index >= 15 is 0 Å². The maximum atomic E-state index is 11.2.